The van der Waals surface area contributed by atoms with E-state index in [1.807, 2.05) is 12.1 Å². The minimum Gasteiger partial charge on any atom is -0.391 e. The number of nitrogens with zero attached hydrogens (tertiary/aromatic N) is 2. The molecular weight excluding hydrogens is 346 g/mol. The van der Waals surface area contributed by atoms with Crippen molar-refractivity contribution in [2.45, 2.75) is 11.5 Å². The number of aromatic nitrogens is 2. The van der Waals surface area contributed by atoms with Crippen molar-refractivity contribution in [1.82, 2.24) is 9.97 Å². The third-order valence-corrected chi connectivity index (χ3v) is 5.41. The summed E-state index contributed by atoms with van der Waals surface area (Å²) in [5.74, 6) is 0. The smallest absolute Gasteiger partial charge is 0.188 e. The molecule has 0 aliphatic rings. The van der Waals surface area contributed by atoms with Crippen molar-refractivity contribution in [3.63, 3.8) is 0 Å². The molecule has 24 heavy (non-hydrogen) atoms. The molecule has 2 N–H and O–H groups in total. The van der Waals surface area contributed by atoms with Crippen molar-refractivity contribution < 1.29 is 13.5 Å². The van der Waals surface area contributed by atoms with Gasteiger partial charge in [-0.15, -0.1) is 0 Å². The lowest BCUT2D eigenvalue weighted by Crippen LogP contribution is -1.97. The fourth-order valence-corrected chi connectivity index (χ4v) is 3.65. The van der Waals surface area contributed by atoms with Crippen LogP contribution in [0, 0.1) is 0 Å². The van der Waals surface area contributed by atoms with Crippen LogP contribution < -0.4 is 5.32 Å². The average Bonchev–Trinajstić information content (AvgIpc) is 2.98. The molecule has 0 unspecified atom stereocenters. The summed E-state index contributed by atoms with van der Waals surface area (Å²) >= 11 is 1.35. The van der Waals surface area contributed by atoms with Gasteiger partial charge in [0.1, 0.15) is 0 Å². The predicted molar refractivity (Wildman–Crippen MR) is 94.1 cm³/mol. The monoisotopic (exact) mass is 361 g/mol. The number of anilines is 2. The van der Waals surface area contributed by atoms with Crippen molar-refractivity contribution >= 4 is 32.0 Å². The van der Waals surface area contributed by atoms with Gasteiger partial charge in [-0.2, -0.15) is 0 Å². The highest BCUT2D eigenvalue weighted by atomic mass is 32.2. The summed E-state index contributed by atoms with van der Waals surface area (Å²) in [4.78, 5) is 9.51. The Labute approximate surface area is 143 Å². The van der Waals surface area contributed by atoms with Gasteiger partial charge < -0.3 is 10.4 Å². The lowest BCUT2D eigenvalue weighted by molar-refractivity contribution is 0.286. The van der Waals surface area contributed by atoms with Gasteiger partial charge >= 0.3 is 0 Å². The highest BCUT2D eigenvalue weighted by Crippen LogP contribution is 2.32. The first kappa shape index (κ1) is 16.6. The van der Waals surface area contributed by atoms with Crippen molar-refractivity contribution in [2.24, 2.45) is 0 Å². The fourth-order valence-electron chi connectivity index (χ4n) is 2.16. The predicted octanol–water partition coefficient (Wildman–Crippen LogP) is 2.84. The van der Waals surface area contributed by atoms with Crippen LogP contribution in [0.5, 0.6) is 0 Å². The molecule has 2 aromatic heterocycles. The number of benzene rings is 1. The van der Waals surface area contributed by atoms with E-state index < -0.39 is 9.84 Å². The molecule has 3 rings (SSSR count). The van der Waals surface area contributed by atoms with Gasteiger partial charge in [0, 0.05) is 29.9 Å². The SMILES string of the molecule is CS(=O)(=O)c1ccc(Nc2nc(-c3ccncc3)c(CO)s2)cc1. The Balaban J connectivity index is 1.87. The third-order valence-electron chi connectivity index (χ3n) is 3.33. The Hall–Kier alpha value is -2.29. The summed E-state index contributed by atoms with van der Waals surface area (Å²) in [6, 6.07) is 10.1. The van der Waals surface area contributed by atoms with Crippen molar-refractivity contribution in [1.29, 1.82) is 0 Å². The summed E-state index contributed by atoms with van der Waals surface area (Å²) in [6.45, 7) is -0.107. The first-order valence-corrected chi connectivity index (χ1v) is 9.76. The summed E-state index contributed by atoms with van der Waals surface area (Å²) in [5.41, 5.74) is 2.31. The van der Waals surface area contributed by atoms with Crippen LogP contribution in [-0.4, -0.2) is 29.7 Å². The molecule has 0 atom stereocenters. The molecule has 0 spiro atoms. The van der Waals surface area contributed by atoms with Crippen LogP contribution in [0.25, 0.3) is 11.3 Å². The number of aliphatic hydroxyl groups excluding tert-OH is 1. The van der Waals surface area contributed by atoms with E-state index in [1.165, 1.54) is 17.6 Å². The van der Waals surface area contributed by atoms with Crippen LogP contribution in [0.4, 0.5) is 10.8 Å². The van der Waals surface area contributed by atoms with Gasteiger partial charge in [0.15, 0.2) is 15.0 Å². The van der Waals surface area contributed by atoms with E-state index in [0.29, 0.717) is 10.8 Å². The number of sulfone groups is 1. The van der Waals surface area contributed by atoms with Gasteiger partial charge in [-0.25, -0.2) is 13.4 Å². The molecule has 0 saturated carbocycles. The van der Waals surface area contributed by atoms with Gasteiger partial charge in [-0.05, 0) is 36.4 Å². The van der Waals surface area contributed by atoms with Crippen molar-refractivity contribution in [3.8, 4) is 11.3 Å². The second-order valence-electron chi connectivity index (χ2n) is 5.11. The lowest BCUT2D eigenvalue weighted by atomic mass is 10.2. The summed E-state index contributed by atoms with van der Waals surface area (Å²) < 4.78 is 23.0. The highest BCUT2D eigenvalue weighted by molar-refractivity contribution is 7.90. The Morgan fingerprint density at radius 1 is 1.12 bits per heavy atom. The van der Waals surface area contributed by atoms with Gasteiger partial charge in [0.05, 0.1) is 22.1 Å². The average molecular weight is 361 g/mol. The maximum absolute atomic E-state index is 11.5. The molecule has 6 nitrogen and oxygen atoms in total. The minimum absolute atomic E-state index is 0.107. The molecule has 0 amide bonds. The first-order chi connectivity index (χ1) is 11.5. The Morgan fingerprint density at radius 3 is 2.38 bits per heavy atom. The van der Waals surface area contributed by atoms with E-state index in [1.54, 1.807) is 36.7 Å². The fraction of sp³-hybridized carbons (Fsp3) is 0.125. The highest BCUT2D eigenvalue weighted by Gasteiger charge is 2.13. The molecule has 8 heteroatoms. The van der Waals surface area contributed by atoms with Crippen LogP contribution in [0.3, 0.4) is 0 Å². The maximum atomic E-state index is 11.5. The van der Waals surface area contributed by atoms with E-state index >= 15 is 0 Å². The minimum atomic E-state index is -3.21. The Kier molecular flexibility index (Phi) is 4.61. The topological polar surface area (TPSA) is 92.2 Å². The zero-order chi connectivity index (χ0) is 17.2. The summed E-state index contributed by atoms with van der Waals surface area (Å²) in [5, 5.41) is 13.3. The molecule has 0 bridgehead atoms. The number of hydrogen-bond acceptors (Lipinski definition) is 7. The van der Waals surface area contributed by atoms with Gasteiger partial charge in [-0.3, -0.25) is 4.98 Å². The molecule has 0 radical (unpaired) electrons. The standard InChI is InChI=1S/C16H15N3O3S2/c1-24(21,22)13-4-2-12(3-5-13)18-16-19-15(14(10-20)23-16)11-6-8-17-9-7-11/h2-9,20H,10H2,1H3,(H,18,19). The van der Waals surface area contributed by atoms with Crippen molar-refractivity contribution in [3.05, 3.63) is 53.7 Å². The van der Waals surface area contributed by atoms with E-state index in [9.17, 15) is 13.5 Å². The first-order valence-electron chi connectivity index (χ1n) is 7.05. The number of hydrogen-bond donors (Lipinski definition) is 2. The van der Waals surface area contributed by atoms with Crippen LogP contribution in [0.2, 0.25) is 0 Å². The molecule has 0 fully saturated rings. The maximum Gasteiger partial charge on any atom is 0.188 e. The van der Waals surface area contributed by atoms with Crippen LogP contribution >= 0.6 is 11.3 Å². The molecule has 0 saturated heterocycles. The second-order valence-corrected chi connectivity index (χ2v) is 8.21. The molecule has 1 aromatic carbocycles. The number of thiazole rings is 1. The Morgan fingerprint density at radius 2 is 1.79 bits per heavy atom. The largest absolute Gasteiger partial charge is 0.391 e. The molecular formula is C16H15N3O3S2. The van der Waals surface area contributed by atoms with Crippen LogP contribution in [0.1, 0.15) is 4.88 Å². The number of aliphatic hydroxyl groups is 1. The van der Waals surface area contributed by atoms with E-state index in [0.717, 1.165) is 16.1 Å². The zero-order valence-electron chi connectivity index (χ0n) is 12.8. The van der Waals surface area contributed by atoms with E-state index in [2.05, 4.69) is 15.3 Å². The number of pyridine rings is 1. The Bertz CT molecular complexity index is 936. The molecule has 0 aliphatic carbocycles. The van der Waals surface area contributed by atoms with Crippen molar-refractivity contribution in [2.75, 3.05) is 11.6 Å². The normalized spacial score (nSPS) is 11.4. The van der Waals surface area contributed by atoms with Crippen LogP contribution in [0.15, 0.2) is 53.7 Å². The summed E-state index contributed by atoms with van der Waals surface area (Å²) in [7, 11) is -3.21. The number of rotatable bonds is 5. The molecule has 0 aliphatic heterocycles. The van der Waals surface area contributed by atoms with Gasteiger partial charge in [-0.1, -0.05) is 11.3 Å². The zero-order valence-corrected chi connectivity index (χ0v) is 14.4. The quantitative estimate of drug-likeness (QED) is 0.726. The third kappa shape index (κ3) is 3.61. The van der Waals surface area contributed by atoms with E-state index in [-0.39, 0.29) is 11.5 Å². The van der Waals surface area contributed by atoms with Gasteiger partial charge in [0.25, 0.3) is 0 Å². The molecule has 124 valence electrons. The molecule has 3 aromatic rings. The molecule has 2 heterocycles. The van der Waals surface area contributed by atoms with Gasteiger partial charge in [0.2, 0.25) is 0 Å². The lowest BCUT2D eigenvalue weighted by Gasteiger charge is -2.03. The van der Waals surface area contributed by atoms with Crippen LogP contribution in [-0.2, 0) is 16.4 Å². The van der Waals surface area contributed by atoms with E-state index in [4.69, 9.17) is 0 Å². The number of nitrogens with one attached hydrogen (secondary N) is 1. The second kappa shape index (κ2) is 6.68. The summed E-state index contributed by atoms with van der Waals surface area (Å²) in [6.07, 6.45) is 4.52.